The SMILES string of the molecule is CCN(CC)CCC=C(c1cccs1)c1cccs1.O=C(O)C(=O)O. The Balaban J connectivity index is 0.000000450. The van der Waals surface area contributed by atoms with Crippen molar-refractivity contribution in [3.8, 4) is 0 Å². The fourth-order valence-corrected chi connectivity index (χ4v) is 3.74. The van der Waals surface area contributed by atoms with E-state index in [9.17, 15) is 0 Å². The van der Waals surface area contributed by atoms with Crippen LogP contribution in [0.4, 0.5) is 0 Å². The predicted molar refractivity (Wildman–Crippen MR) is 103 cm³/mol. The summed E-state index contributed by atoms with van der Waals surface area (Å²) in [6.45, 7) is 7.88. The molecule has 2 heterocycles. The molecule has 0 aliphatic rings. The molecule has 0 aliphatic carbocycles. The first-order chi connectivity index (χ1) is 12.0. The summed E-state index contributed by atoms with van der Waals surface area (Å²) in [6.07, 6.45) is 3.52. The Labute approximate surface area is 155 Å². The van der Waals surface area contributed by atoms with Crippen LogP contribution in [-0.2, 0) is 9.59 Å². The van der Waals surface area contributed by atoms with Gasteiger partial charge in [0.05, 0.1) is 0 Å². The summed E-state index contributed by atoms with van der Waals surface area (Å²) in [5, 5.41) is 19.1. The molecule has 0 aromatic carbocycles. The van der Waals surface area contributed by atoms with E-state index >= 15 is 0 Å². The fourth-order valence-electron chi connectivity index (χ4n) is 2.12. The van der Waals surface area contributed by atoms with Gasteiger partial charge in [-0.05, 0) is 42.4 Å². The fraction of sp³-hybridized carbons (Fsp3) is 0.333. The molecule has 0 spiro atoms. The van der Waals surface area contributed by atoms with Gasteiger partial charge < -0.3 is 15.1 Å². The van der Waals surface area contributed by atoms with Crippen LogP contribution in [0.1, 0.15) is 30.0 Å². The molecule has 5 nitrogen and oxygen atoms in total. The number of hydrogen-bond donors (Lipinski definition) is 2. The molecule has 0 atom stereocenters. The Morgan fingerprint density at radius 1 is 1.00 bits per heavy atom. The van der Waals surface area contributed by atoms with E-state index in [1.54, 1.807) is 0 Å². The molecule has 0 aliphatic heterocycles. The van der Waals surface area contributed by atoms with Crippen LogP contribution in [-0.4, -0.2) is 46.7 Å². The van der Waals surface area contributed by atoms with E-state index in [2.05, 4.69) is 59.8 Å². The Kier molecular flexibility index (Phi) is 9.76. The van der Waals surface area contributed by atoms with Gasteiger partial charge in [-0.2, -0.15) is 0 Å². The maximum absolute atomic E-state index is 9.10. The Morgan fingerprint density at radius 3 is 1.80 bits per heavy atom. The summed E-state index contributed by atoms with van der Waals surface area (Å²) >= 11 is 3.65. The summed E-state index contributed by atoms with van der Waals surface area (Å²) in [6, 6.07) is 8.69. The Hall–Kier alpha value is -1.96. The van der Waals surface area contributed by atoms with E-state index in [-0.39, 0.29) is 0 Å². The Morgan fingerprint density at radius 2 is 1.48 bits per heavy atom. The molecule has 0 bridgehead atoms. The van der Waals surface area contributed by atoms with Crippen molar-refractivity contribution < 1.29 is 19.8 Å². The van der Waals surface area contributed by atoms with Crippen LogP contribution in [0.25, 0.3) is 5.57 Å². The molecule has 0 saturated heterocycles. The highest BCUT2D eigenvalue weighted by Crippen LogP contribution is 2.30. The van der Waals surface area contributed by atoms with E-state index < -0.39 is 11.9 Å². The van der Waals surface area contributed by atoms with E-state index in [0.717, 1.165) is 26.1 Å². The zero-order valence-electron chi connectivity index (χ0n) is 14.3. The van der Waals surface area contributed by atoms with Gasteiger partial charge in [0.15, 0.2) is 0 Å². The number of thiophene rings is 2. The molecule has 0 unspecified atom stereocenters. The van der Waals surface area contributed by atoms with Gasteiger partial charge >= 0.3 is 11.9 Å². The number of rotatable bonds is 7. The number of nitrogens with zero attached hydrogens (tertiary/aromatic N) is 1. The second-order valence-electron chi connectivity index (χ2n) is 5.00. The third-order valence-electron chi connectivity index (χ3n) is 3.44. The number of carboxylic acids is 2. The van der Waals surface area contributed by atoms with E-state index in [0.29, 0.717) is 0 Å². The van der Waals surface area contributed by atoms with Gasteiger partial charge in [0.1, 0.15) is 0 Å². The molecule has 0 fully saturated rings. The topological polar surface area (TPSA) is 77.8 Å². The zero-order chi connectivity index (χ0) is 18.7. The van der Waals surface area contributed by atoms with Crippen LogP contribution >= 0.6 is 22.7 Å². The molecule has 25 heavy (non-hydrogen) atoms. The lowest BCUT2D eigenvalue weighted by atomic mass is 10.1. The van der Waals surface area contributed by atoms with Crippen molar-refractivity contribution in [3.63, 3.8) is 0 Å². The van der Waals surface area contributed by atoms with Crippen LogP contribution in [0.5, 0.6) is 0 Å². The molecule has 2 aromatic heterocycles. The Bertz CT molecular complexity index is 611. The molecule has 7 heteroatoms. The second kappa shape index (κ2) is 11.6. The lowest BCUT2D eigenvalue weighted by Crippen LogP contribution is -2.23. The van der Waals surface area contributed by atoms with Gasteiger partial charge in [-0.15, -0.1) is 22.7 Å². The number of carbonyl (C=O) groups is 2. The minimum atomic E-state index is -1.82. The standard InChI is InChI=1S/C16H21NS2.C2H2O4/c1-3-17(4-2)11-5-8-14(15-9-6-12-18-15)16-10-7-13-19-16;3-1(4)2(5)6/h6-10,12-13H,3-5,11H2,1-2H3;(H,3,4)(H,5,6). The van der Waals surface area contributed by atoms with Gasteiger partial charge in [-0.25, -0.2) is 9.59 Å². The number of aliphatic carboxylic acids is 2. The summed E-state index contributed by atoms with van der Waals surface area (Å²) in [5.74, 6) is -3.65. The van der Waals surface area contributed by atoms with Crippen molar-refractivity contribution in [3.05, 3.63) is 50.9 Å². The minimum absolute atomic E-state index is 1.12. The largest absolute Gasteiger partial charge is 0.473 e. The maximum atomic E-state index is 9.10. The van der Waals surface area contributed by atoms with Gasteiger partial charge in [-0.1, -0.05) is 32.1 Å². The van der Waals surface area contributed by atoms with Gasteiger partial charge in [0.2, 0.25) is 0 Å². The van der Waals surface area contributed by atoms with Crippen LogP contribution in [0.2, 0.25) is 0 Å². The third kappa shape index (κ3) is 7.64. The van der Waals surface area contributed by atoms with Crippen LogP contribution in [0.3, 0.4) is 0 Å². The van der Waals surface area contributed by atoms with Crippen LogP contribution in [0, 0.1) is 0 Å². The van der Waals surface area contributed by atoms with E-state index in [1.165, 1.54) is 15.3 Å². The quantitative estimate of drug-likeness (QED) is 0.705. The summed E-state index contributed by atoms with van der Waals surface area (Å²) in [4.78, 5) is 23.4. The lowest BCUT2D eigenvalue weighted by molar-refractivity contribution is -0.159. The number of hydrogen-bond acceptors (Lipinski definition) is 5. The highest BCUT2D eigenvalue weighted by atomic mass is 32.1. The molecular formula is C18H23NO4S2. The minimum Gasteiger partial charge on any atom is -0.473 e. The van der Waals surface area contributed by atoms with Crippen LogP contribution in [0.15, 0.2) is 41.1 Å². The van der Waals surface area contributed by atoms with Crippen molar-refractivity contribution in [2.24, 2.45) is 0 Å². The van der Waals surface area contributed by atoms with Gasteiger partial charge in [0.25, 0.3) is 0 Å². The summed E-state index contributed by atoms with van der Waals surface area (Å²) in [5.41, 5.74) is 1.40. The first kappa shape index (κ1) is 21.1. The summed E-state index contributed by atoms with van der Waals surface area (Å²) < 4.78 is 0. The van der Waals surface area contributed by atoms with E-state index in [4.69, 9.17) is 19.8 Å². The molecule has 2 aromatic rings. The smallest absolute Gasteiger partial charge is 0.414 e. The molecule has 2 rings (SSSR count). The predicted octanol–water partition coefficient (Wildman–Crippen LogP) is 4.13. The highest BCUT2D eigenvalue weighted by molar-refractivity contribution is 7.13. The average molecular weight is 382 g/mol. The van der Waals surface area contributed by atoms with Crippen LogP contribution < -0.4 is 0 Å². The normalized spacial score (nSPS) is 10.0. The number of carboxylic acid groups (broad SMARTS) is 2. The lowest BCUT2D eigenvalue weighted by Gasteiger charge is -2.16. The third-order valence-corrected chi connectivity index (χ3v) is 5.25. The summed E-state index contributed by atoms with van der Waals surface area (Å²) in [7, 11) is 0. The second-order valence-corrected chi connectivity index (χ2v) is 6.89. The highest BCUT2D eigenvalue weighted by Gasteiger charge is 2.07. The van der Waals surface area contributed by atoms with Gasteiger partial charge in [-0.3, -0.25) is 0 Å². The van der Waals surface area contributed by atoms with Crippen molar-refractivity contribution in [2.75, 3.05) is 19.6 Å². The average Bonchev–Trinajstić information content (AvgIpc) is 3.29. The molecule has 0 saturated carbocycles. The van der Waals surface area contributed by atoms with E-state index in [1.807, 2.05) is 22.7 Å². The monoisotopic (exact) mass is 381 g/mol. The molecule has 0 radical (unpaired) electrons. The van der Waals surface area contributed by atoms with Crippen molar-refractivity contribution in [2.45, 2.75) is 20.3 Å². The van der Waals surface area contributed by atoms with Crippen molar-refractivity contribution in [1.29, 1.82) is 0 Å². The zero-order valence-corrected chi connectivity index (χ0v) is 16.0. The first-order valence-electron chi connectivity index (χ1n) is 7.96. The first-order valence-corrected chi connectivity index (χ1v) is 9.71. The van der Waals surface area contributed by atoms with Gasteiger partial charge in [0, 0.05) is 21.9 Å². The molecule has 0 amide bonds. The molecular weight excluding hydrogens is 358 g/mol. The molecule has 136 valence electrons. The van der Waals surface area contributed by atoms with Crippen molar-refractivity contribution in [1.82, 2.24) is 4.90 Å². The maximum Gasteiger partial charge on any atom is 0.414 e. The van der Waals surface area contributed by atoms with Crippen molar-refractivity contribution >= 4 is 40.2 Å². The molecule has 2 N–H and O–H groups in total.